The minimum Gasteiger partial charge on any atom is -0.495 e. The van der Waals surface area contributed by atoms with Crippen molar-refractivity contribution in [2.24, 2.45) is 0 Å². The van der Waals surface area contributed by atoms with Gasteiger partial charge in [-0.3, -0.25) is 4.57 Å². The van der Waals surface area contributed by atoms with Crippen molar-refractivity contribution in [2.45, 2.75) is 13.7 Å². The molecule has 34 heavy (non-hydrogen) atoms. The first kappa shape index (κ1) is 22.3. The first-order chi connectivity index (χ1) is 16.6. The van der Waals surface area contributed by atoms with E-state index in [9.17, 15) is 5.11 Å². The molecule has 0 spiro atoms. The Bertz CT molecular complexity index is 1460. The molecule has 2 aromatic heterocycles. The number of hydrogen-bond acceptors (Lipinski definition) is 9. The number of hydrogen-bond donors (Lipinski definition) is 3. The average molecular weight is 452 g/mol. The molecule has 4 aromatic rings. The minimum atomic E-state index is -0.300. The van der Waals surface area contributed by atoms with Crippen molar-refractivity contribution in [1.29, 1.82) is 10.5 Å². The van der Waals surface area contributed by atoms with Gasteiger partial charge in [-0.1, -0.05) is 0 Å². The normalized spacial score (nSPS) is 10.7. The van der Waals surface area contributed by atoms with Gasteiger partial charge in [0.2, 0.25) is 5.95 Å². The number of aliphatic hydroxyl groups is 1. The Morgan fingerprint density at radius 3 is 2.62 bits per heavy atom. The lowest BCUT2D eigenvalue weighted by molar-refractivity contribution is 0.214. The number of rotatable bonds is 7. The monoisotopic (exact) mass is 452 g/mol. The summed E-state index contributed by atoms with van der Waals surface area (Å²) in [5.74, 6) is 1.25. The Balaban J connectivity index is 1.77. The summed E-state index contributed by atoms with van der Waals surface area (Å²) in [6, 6.07) is 14.7. The molecule has 0 aliphatic heterocycles. The highest BCUT2D eigenvalue weighted by molar-refractivity contribution is 5.88. The van der Waals surface area contributed by atoms with E-state index in [1.54, 1.807) is 37.5 Å². The van der Waals surface area contributed by atoms with Crippen LogP contribution in [-0.4, -0.2) is 31.7 Å². The standard InChI is InChI=1S/C24H20N8O2/c1-15-10-17(4-3-9-25)11-19(34-2)20(15)29-22-21-23(32(14-33)13-27-21)31-24(30-22)28-18-7-5-16(12-26)6-8-18/h3-8,10-11,13,33H,14H2,1-2H3,(H2,28,29,30,31)/b4-3+. The van der Waals surface area contributed by atoms with Crippen LogP contribution in [0.5, 0.6) is 5.75 Å². The maximum atomic E-state index is 9.71. The van der Waals surface area contributed by atoms with Crippen molar-refractivity contribution < 1.29 is 9.84 Å². The lowest BCUT2D eigenvalue weighted by Gasteiger charge is -2.16. The van der Waals surface area contributed by atoms with Crippen LogP contribution in [0.1, 0.15) is 16.7 Å². The molecule has 0 saturated heterocycles. The third-order valence-corrected chi connectivity index (χ3v) is 5.02. The van der Waals surface area contributed by atoms with Crippen LogP contribution >= 0.6 is 0 Å². The van der Waals surface area contributed by atoms with Gasteiger partial charge in [0.05, 0.1) is 36.8 Å². The van der Waals surface area contributed by atoms with E-state index in [4.69, 9.17) is 15.3 Å². The number of ether oxygens (including phenoxy) is 1. The quantitative estimate of drug-likeness (QED) is 0.354. The number of allylic oxidation sites excluding steroid dienone is 1. The van der Waals surface area contributed by atoms with Gasteiger partial charge in [0.15, 0.2) is 17.0 Å². The Hall–Kier alpha value is -4.93. The number of aromatic nitrogens is 4. The SMILES string of the molecule is COc1cc(/C=C/C#N)cc(C)c1Nc1nc(Nc2ccc(C#N)cc2)nc2c1ncn2CO. The van der Waals surface area contributed by atoms with E-state index >= 15 is 0 Å². The third-order valence-electron chi connectivity index (χ3n) is 5.02. The molecule has 0 unspecified atom stereocenters. The Labute approximate surface area is 195 Å². The summed E-state index contributed by atoms with van der Waals surface area (Å²) >= 11 is 0. The second kappa shape index (κ2) is 9.69. The molecule has 0 bridgehead atoms. The number of aliphatic hydroxyl groups excluding tert-OH is 1. The molecular formula is C24H20N8O2. The summed E-state index contributed by atoms with van der Waals surface area (Å²) in [7, 11) is 1.56. The molecule has 4 rings (SSSR count). The van der Waals surface area contributed by atoms with Gasteiger partial charge in [-0.2, -0.15) is 20.5 Å². The summed E-state index contributed by atoms with van der Waals surface area (Å²) in [6.45, 7) is 1.61. The van der Waals surface area contributed by atoms with Crippen LogP contribution in [0, 0.1) is 29.6 Å². The number of anilines is 4. The summed E-state index contributed by atoms with van der Waals surface area (Å²) < 4.78 is 7.07. The van der Waals surface area contributed by atoms with Gasteiger partial charge in [0, 0.05) is 11.8 Å². The van der Waals surface area contributed by atoms with Gasteiger partial charge >= 0.3 is 0 Å². The summed E-state index contributed by atoms with van der Waals surface area (Å²) in [5.41, 5.74) is 4.50. The van der Waals surface area contributed by atoms with Crippen LogP contribution in [0.2, 0.25) is 0 Å². The largest absolute Gasteiger partial charge is 0.495 e. The van der Waals surface area contributed by atoms with Crippen LogP contribution in [0.3, 0.4) is 0 Å². The lowest BCUT2D eigenvalue weighted by Crippen LogP contribution is -2.06. The van der Waals surface area contributed by atoms with E-state index in [0.29, 0.717) is 39.7 Å². The van der Waals surface area contributed by atoms with Crippen LogP contribution in [0.4, 0.5) is 23.1 Å². The highest BCUT2D eigenvalue weighted by Crippen LogP contribution is 2.34. The summed E-state index contributed by atoms with van der Waals surface area (Å²) in [5, 5.41) is 34.0. The second-order valence-corrected chi connectivity index (χ2v) is 7.24. The molecule has 10 heteroatoms. The number of methoxy groups -OCH3 is 1. The van der Waals surface area contributed by atoms with E-state index in [1.807, 2.05) is 25.1 Å². The molecule has 3 N–H and O–H groups in total. The number of fused-ring (bicyclic) bond motifs is 1. The van der Waals surface area contributed by atoms with Crippen molar-refractivity contribution in [2.75, 3.05) is 17.7 Å². The van der Waals surface area contributed by atoms with E-state index in [0.717, 1.165) is 11.1 Å². The second-order valence-electron chi connectivity index (χ2n) is 7.24. The molecule has 0 radical (unpaired) electrons. The Morgan fingerprint density at radius 1 is 1.15 bits per heavy atom. The maximum absolute atomic E-state index is 9.71. The van der Waals surface area contributed by atoms with Crippen molar-refractivity contribution >= 4 is 40.4 Å². The third kappa shape index (κ3) is 4.48. The predicted molar refractivity (Wildman–Crippen MR) is 128 cm³/mol. The van der Waals surface area contributed by atoms with Gasteiger partial charge in [-0.05, 0) is 60.5 Å². The number of nitrogens with one attached hydrogen (secondary N) is 2. The molecule has 2 heterocycles. The molecule has 0 saturated carbocycles. The predicted octanol–water partition coefficient (Wildman–Crippen LogP) is 3.99. The number of aryl methyl sites for hydroxylation is 1. The van der Waals surface area contributed by atoms with Crippen molar-refractivity contribution in [3.63, 3.8) is 0 Å². The van der Waals surface area contributed by atoms with Crippen LogP contribution in [0.15, 0.2) is 48.8 Å². The number of benzene rings is 2. The molecule has 0 amide bonds. The summed E-state index contributed by atoms with van der Waals surface area (Å²) in [6.07, 6.45) is 4.58. The van der Waals surface area contributed by atoms with E-state index in [-0.39, 0.29) is 12.7 Å². The molecule has 10 nitrogen and oxygen atoms in total. The molecular weight excluding hydrogens is 432 g/mol. The fourth-order valence-electron chi connectivity index (χ4n) is 3.40. The zero-order valence-electron chi connectivity index (χ0n) is 18.4. The highest BCUT2D eigenvalue weighted by Gasteiger charge is 2.17. The molecule has 0 atom stereocenters. The van der Waals surface area contributed by atoms with E-state index in [1.165, 1.54) is 17.0 Å². The fraction of sp³-hybridized carbons (Fsp3) is 0.125. The lowest BCUT2D eigenvalue weighted by atomic mass is 10.1. The number of nitrogens with zero attached hydrogens (tertiary/aromatic N) is 6. The van der Waals surface area contributed by atoms with Crippen molar-refractivity contribution in [3.05, 3.63) is 65.5 Å². The van der Waals surface area contributed by atoms with Gasteiger partial charge in [-0.25, -0.2) is 4.98 Å². The molecule has 0 aliphatic rings. The van der Waals surface area contributed by atoms with Crippen molar-refractivity contribution in [3.8, 4) is 17.9 Å². The molecule has 0 aliphatic carbocycles. The topological polar surface area (TPSA) is 145 Å². The Kier molecular flexibility index (Phi) is 6.35. The Morgan fingerprint density at radius 2 is 1.94 bits per heavy atom. The number of imidazole rings is 1. The van der Waals surface area contributed by atoms with E-state index < -0.39 is 0 Å². The minimum absolute atomic E-state index is 0.278. The summed E-state index contributed by atoms with van der Waals surface area (Å²) in [4.78, 5) is 13.5. The highest BCUT2D eigenvalue weighted by atomic mass is 16.5. The number of nitriles is 2. The first-order valence-corrected chi connectivity index (χ1v) is 10.2. The van der Waals surface area contributed by atoms with Gasteiger partial charge < -0.3 is 20.5 Å². The fourth-order valence-corrected chi connectivity index (χ4v) is 3.40. The average Bonchev–Trinajstić information content (AvgIpc) is 3.27. The van der Waals surface area contributed by atoms with Crippen LogP contribution in [-0.2, 0) is 6.73 Å². The van der Waals surface area contributed by atoms with Gasteiger partial charge in [-0.15, -0.1) is 0 Å². The smallest absolute Gasteiger partial charge is 0.231 e. The van der Waals surface area contributed by atoms with Gasteiger partial charge in [0.1, 0.15) is 12.5 Å². The zero-order chi connectivity index (χ0) is 24.1. The van der Waals surface area contributed by atoms with Crippen LogP contribution in [0.25, 0.3) is 17.2 Å². The molecule has 0 fully saturated rings. The van der Waals surface area contributed by atoms with Crippen LogP contribution < -0.4 is 15.4 Å². The maximum Gasteiger partial charge on any atom is 0.231 e. The zero-order valence-corrected chi connectivity index (χ0v) is 18.4. The molecule has 2 aromatic carbocycles. The van der Waals surface area contributed by atoms with E-state index in [2.05, 4.69) is 31.7 Å². The van der Waals surface area contributed by atoms with Crippen molar-refractivity contribution in [1.82, 2.24) is 19.5 Å². The van der Waals surface area contributed by atoms with Gasteiger partial charge in [0.25, 0.3) is 0 Å². The molecule has 168 valence electrons. The first-order valence-electron chi connectivity index (χ1n) is 10.2.